The first-order chi connectivity index (χ1) is 7.29. The Kier molecular flexibility index (Phi) is 1.42. The van der Waals surface area contributed by atoms with Crippen LogP contribution in [0, 0.1) is 0 Å². The topological polar surface area (TPSA) is 60.2 Å². The molecule has 0 amide bonds. The maximum Gasteiger partial charge on any atom is 0.231 e. The number of hydrogen-bond donors (Lipinski definition) is 0. The molecule has 2 aromatic heterocycles. The van der Waals surface area contributed by atoms with Crippen molar-refractivity contribution in [3.63, 3.8) is 0 Å². The van der Waals surface area contributed by atoms with E-state index in [9.17, 15) is 9.59 Å². The summed E-state index contributed by atoms with van der Waals surface area (Å²) in [6.45, 7) is 0. The van der Waals surface area contributed by atoms with E-state index < -0.39 is 0 Å². The number of rotatable bonds is 0. The third kappa shape index (κ3) is 0.929. The minimum absolute atomic E-state index is 0.112. The van der Waals surface area contributed by atoms with Gasteiger partial charge in [0.1, 0.15) is 5.69 Å². The molecule has 15 heavy (non-hydrogen) atoms. The van der Waals surface area contributed by atoms with Crippen LogP contribution in [0.5, 0.6) is 0 Å². The Morgan fingerprint density at radius 2 is 1.93 bits per heavy atom. The van der Waals surface area contributed by atoms with E-state index in [1.165, 1.54) is 18.5 Å². The molecule has 72 valence electrons. The number of fused-ring (bicyclic) bond motifs is 2. The monoisotopic (exact) mass is 199 g/mol. The van der Waals surface area contributed by atoms with Crippen molar-refractivity contribution in [2.75, 3.05) is 0 Å². The van der Waals surface area contributed by atoms with E-state index in [2.05, 4.69) is 4.98 Å². The molecule has 0 bridgehead atoms. The molecule has 2 aromatic rings. The predicted molar refractivity (Wildman–Crippen MR) is 49.8 cm³/mol. The van der Waals surface area contributed by atoms with Gasteiger partial charge in [-0.05, 0) is 18.2 Å². The van der Waals surface area contributed by atoms with E-state index in [-0.39, 0.29) is 23.0 Å². The molecule has 0 radical (unpaired) electrons. The average Bonchev–Trinajstić information content (AvgIpc) is 2.75. The van der Waals surface area contributed by atoms with Crippen molar-refractivity contribution in [1.82, 2.24) is 4.98 Å². The van der Waals surface area contributed by atoms with Crippen LogP contribution in [0.25, 0.3) is 0 Å². The molecule has 2 heterocycles. The highest BCUT2D eigenvalue weighted by Crippen LogP contribution is 2.25. The lowest BCUT2D eigenvalue weighted by molar-refractivity contribution is 0.0957. The van der Waals surface area contributed by atoms with Crippen molar-refractivity contribution < 1.29 is 14.0 Å². The molecule has 0 fully saturated rings. The van der Waals surface area contributed by atoms with E-state index in [1.807, 2.05) is 0 Å². The minimum Gasteiger partial charge on any atom is -0.460 e. The zero-order valence-electron chi connectivity index (χ0n) is 7.56. The van der Waals surface area contributed by atoms with E-state index in [4.69, 9.17) is 4.42 Å². The van der Waals surface area contributed by atoms with Gasteiger partial charge in [0.25, 0.3) is 0 Å². The first-order valence-electron chi connectivity index (χ1n) is 4.41. The number of nitrogens with zero attached hydrogens (tertiary/aromatic N) is 1. The van der Waals surface area contributed by atoms with Gasteiger partial charge in [0, 0.05) is 6.20 Å². The second-order valence-corrected chi connectivity index (χ2v) is 3.22. The summed E-state index contributed by atoms with van der Waals surface area (Å²) in [6.07, 6.45) is 2.83. The summed E-state index contributed by atoms with van der Waals surface area (Å²) in [4.78, 5) is 27.6. The van der Waals surface area contributed by atoms with E-state index in [1.54, 1.807) is 12.1 Å². The van der Waals surface area contributed by atoms with Crippen molar-refractivity contribution >= 4 is 11.6 Å². The van der Waals surface area contributed by atoms with Crippen LogP contribution in [0.3, 0.4) is 0 Å². The number of pyridine rings is 1. The fourth-order valence-corrected chi connectivity index (χ4v) is 1.68. The number of hydrogen-bond acceptors (Lipinski definition) is 4. The molecule has 0 unspecified atom stereocenters. The number of furan rings is 1. The van der Waals surface area contributed by atoms with Crippen molar-refractivity contribution in [3.8, 4) is 0 Å². The van der Waals surface area contributed by atoms with Gasteiger partial charge in [0.15, 0.2) is 5.76 Å². The highest BCUT2D eigenvalue weighted by molar-refractivity contribution is 6.26. The SMILES string of the molecule is O=C1c2ccoc2C(=O)c2cccnc21. The molecule has 0 spiro atoms. The zero-order chi connectivity index (χ0) is 10.4. The van der Waals surface area contributed by atoms with E-state index >= 15 is 0 Å². The normalized spacial score (nSPS) is 13.6. The van der Waals surface area contributed by atoms with Gasteiger partial charge < -0.3 is 4.42 Å². The first kappa shape index (κ1) is 8.11. The largest absolute Gasteiger partial charge is 0.460 e. The first-order valence-corrected chi connectivity index (χ1v) is 4.41. The minimum atomic E-state index is -0.280. The smallest absolute Gasteiger partial charge is 0.231 e. The molecule has 0 aliphatic heterocycles. The molecule has 0 saturated heterocycles. The van der Waals surface area contributed by atoms with Crippen LogP contribution in [0.15, 0.2) is 35.1 Å². The number of ketones is 2. The maximum absolute atomic E-state index is 11.8. The van der Waals surface area contributed by atoms with Crippen LogP contribution in [-0.4, -0.2) is 16.6 Å². The Bertz CT molecular complexity index is 534. The maximum atomic E-state index is 11.8. The quantitative estimate of drug-likeness (QED) is 0.549. The molecule has 0 saturated carbocycles. The molecule has 0 aromatic carbocycles. The molecule has 4 nitrogen and oxygen atoms in total. The molecular weight excluding hydrogens is 194 g/mol. The van der Waals surface area contributed by atoms with Crippen molar-refractivity contribution in [3.05, 3.63) is 53.2 Å². The van der Waals surface area contributed by atoms with Crippen molar-refractivity contribution in [1.29, 1.82) is 0 Å². The fraction of sp³-hybridized carbons (Fsp3) is 0. The number of carbonyl (C=O) groups is 2. The van der Waals surface area contributed by atoms with Gasteiger partial charge in [0.2, 0.25) is 11.6 Å². The van der Waals surface area contributed by atoms with Gasteiger partial charge in [-0.1, -0.05) is 0 Å². The Balaban J connectivity index is 2.36. The fourth-order valence-electron chi connectivity index (χ4n) is 1.68. The Hall–Kier alpha value is -2.23. The standard InChI is InChI=1S/C11H5NO3/c13-9-7-3-5-15-11(7)10(14)6-2-1-4-12-8(6)9/h1-5H. The van der Waals surface area contributed by atoms with Crippen molar-refractivity contribution in [2.45, 2.75) is 0 Å². The van der Waals surface area contributed by atoms with Gasteiger partial charge in [-0.25, -0.2) is 0 Å². The molecule has 1 aliphatic carbocycles. The van der Waals surface area contributed by atoms with E-state index in [0.29, 0.717) is 11.1 Å². The van der Waals surface area contributed by atoms with Crippen LogP contribution in [-0.2, 0) is 0 Å². The Labute approximate surface area is 84.5 Å². The second kappa shape index (κ2) is 2.63. The van der Waals surface area contributed by atoms with Gasteiger partial charge in [-0.2, -0.15) is 0 Å². The third-order valence-corrected chi connectivity index (χ3v) is 2.38. The molecule has 3 rings (SSSR count). The number of carbonyl (C=O) groups excluding carboxylic acids is 2. The number of aromatic nitrogens is 1. The molecule has 4 heteroatoms. The highest BCUT2D eigenvalue weighted by atomic mass is 16.3. The predicted octanol–water partition coefficient (Wildman–Crippen LogP) is 1.45. The third-order valence-electron chi connectivity index (χ3n) is 2.38. The van der Waals surface area contributed by atoms with Crippen LogP contribution in [0.4, 0.5) is 0 Å². The molecule has 1 aliphatic rings. The Morgan fingerprint density at radius 1 is 1.07 bits per heavy atom. The molecule has 0 atom stereocenters. The van der Waals surface area contributed by atoms with Crippen LogP contribution < -0.4 is 0 Å². The summed E-state index contributed by atoms with van der Waals surface area (Å²) in [5, 5.41) is 0. The summed E-state index contributed by atoms with van der Waals surface area (Å²) in [5.41, 5.74) is 0.813. The second-order valence-electron chi connectivity index (χ2n) is 3.22. The summed E-state index contributed by atoms with van der Waals surface area (Å²) >= 11 is 0. The summed E-state index contributed by atoms with van der Waals surface area (Å²) in [5.74, 6) is -0.424. The van der Waals surface area contributed by atoms with Gasteiger partial charge in [-0.3, -0.25) is 14.6 Å². The van der Waals surface area contributed by atoms with Gasteiger partial charge in [0.05, 0.1) is 17.4 Å². The van der Waals surface area contributed by atoms with Crippen molar-refractivity contribution in [2.24, 2.45) is 0 Å². The van der Waals surface area contributed by atoms with Gasteiger partial charge in [-0.15, -0.1) is 0 Å². The zero-order valence-corrected chi connectivity index (χ0v) is 7.56. The average molecular weight is 199 g/mol. The Morgan fingerprint density at radius 3 is 2.80 bits per heavy atom. The van der Waals surface area contributed by atoms with Crippen LogP contribution in [0.1, 0.15) is 32.2 Å². The molecular formula is C11H5NO3. The highest BCUT2D eigenvalue weighted by Gasteiger charge is 2.32. The lowest BCUT2D eigenvalue weighted by Gasteiger charge is -2.10. The lowest BCUT2D eigenvalue weighted by Crippen LogP contribution is -2.20. The van der Waals surface area contributed by atoms with Crippen LogP contribution in [0.2, 0.25) is 0 Å². The summed E-state index contributed by atoms with van der Waals surface area (Å²) in [6, 6.07) is 4.69. The van der Waals surface area contributed by atoms with E-state index in [0.717, 1.165) is 0 Å². The van der Waals surface area contributed by atoms with Gasteiger partial charge >= 0.3 is 0 Å². The molecule has 0 N–H and O–H groups in total. The summed E-state index contributed by atoms with van der Waals surface area (Å²) in [7, 11) is 0. The van der Waals surface area contributed by atoms with Crippen LogP contribution >= 0.6 is 0 Å². The summed E-state index contributed by atoms with van der Waals surface area (Å²) < 4.78 is 5.00. The lowest BCUT2D eigenvalue weighted by atomic mass is 9.93.